The third-order valence-electron chi connectivity index (χ3n) is 2.76. The molecule has 0 amide bonds. The number of ether oxygens (including phenoxy) is 1. The van der Waals surface area contributed by atoms with Gasteiger partial charge in [-0.15, -0.1) is 0 Å². The van der Waals surface area contributed by atoms with Gasteiger partial charge in [0.15, 0.2) is 0 Å². The van der Waals surface area contributed by atoms with Crippen LogP contribution in [0.1, 0.15) is 24.9 Å². The van der Waals surface area contributed by atoms with E-state index >= 15 is 0 Å². The monoisotopic (exact) mass is 255 g/mol. The van der Waals surface area contributed by atoms with Crippen LogP contribution in [0.3, 0.4) is 0 Å². The molecule has 0 saturated carbocycles. The first kappa shape index (κ1) is 14.6. The molecule has 0 aromatic heterocycles. The summed E-state index contributed by atoms with van der Waals surface area (Å²) >= 11 is 0. The number of hydrogen-bond donors (Lipinski definition) is 2. The fraction of sp³-hybridized carbons (Fsp3) is 0.462. The number of carbonyl (C=O) groups is 1. The Balaban J connectivity index is 2.90. The predicted octanol–water partition coefficient (Wildman–Crippen LogP) is 1.40. The van der Waals surface area contributed by atoms with E-state index in [-0.39, 0.29) is 18.5 Å². The summed E-state index contributed by atoms with van der Waals surface area (Å²) in [7, 11) is 1.29. The minimum atomic E-state index is -0.701. The summed E-state index contributed by atoms with van der Waals surface area (Å²) in [6, 6.07) is 4.70. The molecule has 0 fully saturated rings. The second-order valence-corrected chi connectivity index (χ2v) is 3.96. The normalized spacial score (nSPS) is 14.0. The molecule has 2 N–H and O–H groups in total. The molecule has 1 rings (SSSR count). The Bertz CT molecular complexity index is 376. The van der Waals surface area contributed by atoms with Gasteiger partial charge in [-0.2, -0.15) is 0 Å². The van der Waals surface area contributed by atoms with Crippen molar-refractivity contribution in [1.82, 2.24) is 5.32 Å². The van der Waals surface area contributed by atoms with Crippen molar-refractivity contribution in [2.75, 3.05) is 13.7 Å². The second kappa shape index (κ2) is 7.08. The van der Waals surface area contributed by atoms with Gasteiger partial charge in [0.25, 0.3) is 0 Å². The quantitative estimate of drug-likeness (QED) is 0.754. The molecule has 0 aliphatic heterocycles. The molecule has 0 saturated heterocycles. The highest BCUT2D eigenvalue weighted by Gasteiger charge is 2.23. The number of nitrogens with one attached hydrogen (secondary N) is 1. The van der Waals surface area contributed by atoms with Gasteiger partial charge in [0.1, 0.15) is 11.9 Å². The summed E-state index contributed by atoms with van der Waals surface area (Å²) in [6.07, 6.45) is 0.672. The van der Waals surface area contributed by atoms with Crippen molar-refractivity contribution < 1.29 is 19.0 Å². The summed E-state index contributed by atoms with van der Waals surface area (Å²) in [6.45, 7) is 1.82. The Kier molecular flexibility index (Phi) is 5.74. The SMILES string of the molecule is CCC(CO)NC(C(=O)OC)c1ccc(F)cc1. The molecule has 0 aliphatic rings. The highest BCUT2D eigenvalue weighted by molar-refractivity contribution is 5.77. The van der Waals surface area contributed by atoms with E-state index in [0.29, 0.717) is 12.0 Å². The molecule has 0 heterocycles. The first-order valence-electron chi connectivity index (χ1n) is 5.82. The number of aliphatic hydroxyl groups is 1. The molecule has 1 aromatic rings. The van der Waals surface area contributed by atoms with Crippen molar-refractivity contribution in [3.8, 4) is 0 Å². The third-order valence-corrected chi connectivity index (χ3v) is 2.76. The molecule has 2 atom stereocenters. The first-order chi connectivity index (χ1) is 8.62. The zero-order valence-corrected chi connectivity index (χ0v) is 10.5. The predicted molar refractivity (Wildman–Crippen MR) is 65.5 cm³/mol. The smallest absolute Gasteiger partial charge is 0.327 e. The lowest BCUT2D eigenvalue weighted by atomic mass is 10.1. The summed E-state index contributed by atoms with van der Waals surface area (Å²) in [5.41, 5.74) is 0.607. The Labute approximate surface area is 106 Å². The summed E-state index contributed by atoms with van der Waals surface area (Å²) in [5, 5.41) is 12.1. The Morgan fingerprint density at radius 2 is 2.06 bits per heavy atom. The minimum absolute atomic E-state index is 0.0782. The van der Waals surface area contributed by atoms with Gasteiger partial charge >= 0.3 is 5.97 Å². The lowest BCUT2D eigenvalue weighted by Gasteiger charge is -2.22. The molecule has 0 radical (unpaired) electrons. The number of carbonyl (C=O) groups excluding carboxylic acids is 1. The highest BCUT2D eigenvalue weighted by Crippen LogP contribution is 2.16. The van der Waals surface area contributed by atoms with Gasteiger partial charge in [0, 0.05) is 6.04 Å². The minimum Gasteiger partial charge on any atom is -0.468 e. The van der Waals surface area contributed by atoms with E-state index in [1.54, 1.807) is 0 Å². The largest absolute Gasteiger partial charge is 0.468 e. The zero-order valence-electron chi connectivity index (χ0n) is 10.5. The van der Waals surface area contributed by atoms with Crippen LogP contribution in [0.25, 0.3) is 0 Å². The van der Waals surface area contributed by atoms with Gasteiger partial charge < -0.3 is 9.84 Å². The van der Waals surface area contributed by atoms with E-state index in [1.165, 1.54) is 31.4 Å². The first-order valence-corrected chi connectivity index (χ1v) is 5.82. The van der Waals surface area contributed by atoms with Crippen LogP contribution in [-0.2, 0) is 9.53 Å². The molecule has 0 aliphatic carbocycles. The number of methoxy groups -OCH3 is 1. The Hall–Kier alpha value is -1.46. The molecule has 4 nitrogen and oxygen atoms in total. The number of rotatable bonds is 6. The van der Waals surface area contributed by atoms with Crippen LogP contribution in [0.4, 0.5) is 4.39 Å². The topological polar surface area (TPSA) is 58.6 Å². The Morgan fingerprint density at radius 3 is 2.50 bits per heavy atom. The van der Waals surface area contributed by atoms with Gasteiger partial charge in [0.2, 0.25) is 0 Å². The van der Waals surface area contributed by atoms with Crippen LogP contribution < -0.4 is 5.32 Å². The maximum Gasteiger partial charge on any atom is 0.327 e. The number of halogens is 1. The fourth-order valence-electron chi connectivity index (χ4n) is 1.61. The molecule has 1 aromatic carbocycles. The van der Waals surface area contributed by atoms with E-state index in [4.69, 9.17) is 9.84 Å². The number of esters is 1. The van der Waals surface area contributed by atoms with Crippen molar-refractivity contribution in [1.29, 1.82) is 0 Å². The maximum absolute atomic E-state index is 12.9. The molecule has 0 bridgehead atoms. The van der Waals surface area contributed by atoms with Gasteiger partial charge in [-0.05, 0) is 24.1 Å². The zero-order chi connectivity index (χ0) is 13.5. The van der Waals surface area contributed by atoms with Crippen LogP contribution in [-0.4, -0.2) is 30.8 Å². The van der Waals surface area contributed by atoms with Crippen LogP contribution in [0.2, 0.25) is 0 Å². The number of aliphatic hydroxyl groups excluding tert-OH is 1. The molecule has 2 unspecified atom stereocenters. The maximum atomic E-state index is 12.9. The third kappa shape index (κ3) is 3.78. The lowest BCUT2D eigenvalue weighted by Crippen LogP contribution is -2.39. The van der Waals surface area contributed by atoms with E-state index in [1.807, 2.05) is 6.92 Å². The van der Waals surface area contributed by atoms with Crippen molar-refractivity contribution in [2.24, 2.45) is 0 Å². The molecular formula is C13H18FNO3. The standard InChI is InChI=1S/C13H18FNO3/c1-3-11(8-16)15-12(13(17)18-2)9-4-6-10(14)7-5-9/h4-7,11-12,15-16H,3,8H2,1-2H3. The van der Waals surface area contributed by atoms with Crippen molar-refractivity contribution in [3.05, 3.63) is 35.6 Å². The van der Waals surface area contributed by atoms with Gasteiger partial charge in [-0.1, -0.05) is 19.1 Å². The molecule has 5 heteroatoms. The lowest BCUT2D eigenvalue weighted by molar-refractivity contribution is -0.143. The van der Waals surface area contributed by atoms with Gasteiger partial charge in [-0.3, -0.25) is 5.32 Å². The summed E-state index contributed by atoms with van der Waals surface area (Å²) in [4.78, 5) is 11.7. The van der Waals surface area contributed by atoms with E-state index < -0.39 is 12.0 Å². The summed E-state index contributed by atoms with van der Waals surface area (Å²) < 4.78 is 17.6. The van der Waals surface area contributed by atoms with Crippen LogP contribution in [0.15, 0.2) is 24.3 Å². The molecule has 0 spiro atoms. The average Bonchev–Trinajstić information content (AvgIpc) is 2.41. The van der Waals surface area contributed by atoms with Crippen molar-refractivity contribution >= 4 is 5.97 Å². The van der Waals surface area contributed by atoms with E-state index in [2.05, 4.69) is 5.32 Å². The van der Waals surface area contributed by atoms with Crippen molar-refractivity contribution in [2.45, 2.75) is 25.4 Å². The van der Waals surface area contributed by atoms with Gasteiger partial charge in [-0.25, -0.2) is 9.18 Å². The van der Waals surface area contributed by atoms with Crippen LogP contribution in [0, 0.1) is 5.82 Å². The van der Waals surface area contributed by atoms with Gasteiger partial charge in [0.05, 0.1) is 13.7 Å². The van der Waals surface area contributed by atoms with E-state index in [0.717, 1.165) is 0 Å². The highest BCUT2D eigenvalue weighted by atomic mass is 19.1. The Morgan fingerprint density at radius 1 is 1.44 bits per heavy atom. The molecule has 18 heavy (non-hydrogen) atoms. The summed E-state index contributed by atoms with van der Waals surface area (Å²) in [5.74, 6) is -0.829. The fourth-order valence-corrected chi connectivity index (χ4v) is 1.61. The second-order valence-electron chi connectivity index (χ2n) is 3.96. The van der Waals surface area contributed by atoms with Crippen molar-refractivity contribution in [3.63, 3.8) is 0 Å². The molecule has 100 valence electrons. The van der Waals surface area contributed by atoms with Crippen LogP contribution >= 0.6 is 0 Å². The van der Waals surface area contributed by atoms with E-state index in [9.17, 15) is 9.18 Å². The number of hydrogen-bond acceptors (Lipinski definition) is 4. The number of benzene rings is 1. The van der Waals surface area contributed by atoms with Crippen LogP contribution in [0.5, 0.6) is 0 Å². The molecular weight excluding hydrogens is 237 g/mol. The average molecular weight is 255 g/mol.